The van der Waals surface area contributed by atoms with E-state index >= 15 is 0 Å². The smallest absolute Gasteiger partial charge is 0.133 e. The molecule has 2 heterocycles. The van der Waals surface area contributed by atoms with Crippen molar-refractivity contribution in [2.75, 3.05) is 27.2 Å². The van der Waals surface area contributed by atoms with Gasteiger partial charge in [0.05, 0.1) is 0 Å². The third kappa shape index (κ3) is 4.33. The predicted octanol–water partition coefficient (Wildman–Crippen LogP) is 1.63. The molecule has 0 spiro atoms. The molecule has 0 saturated heterocycles. The highest BCUT2D eigenvalue weighted by molar-refractivity contribution is 5.27. The van der Waals surface area contributed by atoms with Crippen LogP contribution in [0.15, 0.2) is 24.3 Å². The number of benzene rings is 1. The van der Waals surface area contributed by atoms with E-state index in [0.29, 0.717) is 12.6 Å². The molecule has 1 aromatic carbocycles. The molecule has 0 aliphatic carbocycles. The van der Waals surface area contributed by atoms with E-state index in [4.69, 9.17) is 4.74 Å². The number of aryl methyl sites for hydroxylation is 2. The van der Waals surface area contributed by atoms with Crippen molar-refractivity contribution >= 4 is 0 Å². The van der Waals surface area contributed by atoms with Gasteiger partial charge in [0.15, 0.2) is 0 Å². The molecule has 1 aliphatic rings. The fraction of sp³-hybridized carbons (Fsp3) is 0.556. The first-order valence-corrected chi connectivity index (χ1v) is 8.60. The summed E-state index contributed by atoms with van der Waals surface area (Å²) in [6.07, 6.45) is 2.11. The van der Waals surface area contributed by atoms with E-state index in [1.54, 1.807) is 0 Å². The van der Waals surface area contributed by atoms with Crippen LogP contribution < -0.4 is 10.1 Å². The second-order valence-corrected chi connectivity index (χ2v) is 6.69. The summed E-state index contributed by atoms with van der Waals surface area (Å²) in [6.45, 7) is 5.50. The lowest BCUT2D eigenvalue weighted by Crippen LogP contribution is -2.37. The lowest BCUT2D eigenvalue weighted by Gasteiger charge is -2.25. The molecule has 24 heavy (non-hydrogen) atoms. The van der Waals surface area contributed by atoms with E-state index in [2.05, 4.69) is 49.2 Å². The minimum Gasteiger partial charge on any atom is -0.492 e. The Hall–Kier alpha value is -1.92. The highest BCUT2D eigenvalue weighted by atomic mass is 16.5. The second-order valence-electron chi connectivity index (χ2n) is 6.69. The molecule has 6 nitrogen and oxygen atoms in total. The largest absolute Gasteiger partial charge is 0.492 e. The molecule has 1 atom stereocenters. The van der Waals surface area contributed by atoms with E-state index in [0.717, 1.165) is 49.9 Å². The van der Waals surface area contributed by atoms with Crippen LogP contribution >= 0.6 is 0 Å². The van der Waals surface area contributed by atoms with Gasteiger partial charge in [-0.25, -0.2) is 0 Å². The van der Waals surface area contributed by atoms with Crippen LogP contribution in [0.4, 0.5) is 0 Å². The number of nitrogens with one attached hydrogen (secondary N) is 1. The monoisotopic (exact) mass is 329 g/mol. The third-order valence-electron chi connectivity index (χ3n) is 4.46. The van der Waals surface area contributed by atoms with Gasteiger partial charge in [0.1, 0.15) is 24.0 Å². The van der Waals surface area contributed by atoms with Crippen LogP contribution in [0.5, 0.6) is 5.75 Å². The summed E-state index contributed by atoms with van der Waals surface area (Å²) in [5.74, 6) is 3.06. The van der Waals surface area contributed by atoms with Gasteiger partial charge in [0, 0.05) is 32.1 Å². The van der Waals surface area contributed by atoms with Crippen molar-refractivity contribution in [2.24, 2.45) is 0 Å². The third-order valence-corrected chi connectivity index (χ3v) is 4.46. The van der Waals surface area contributed by atoms with Gasteiger partial charge in [-0.3, -0.25) is 0 Å². The molecule has 3 rings (SSSR count). The van der Waals surface area contributed by atoms with Crippen molar-refractivity contribution in [3.8, 4) is 5.75 Å². The summed E-state index contributed by atoms with van der Waals surface area (Å²) in [4.78, 5) is 2.12. The summed E-state index contributed by atoms with van der Waals surface area (Å²) < 4.78 is 7.96. The first-order chi connectivity index (χ1) is 11.6. The molecule has 1 aliphatic heterocycles. The molecule has 2 aromatic rings. The zero-order chi connectivity index (χ0) is 16.9. The summed E-state index contributed by atoms with van der Waals surface area (Å²) in [7, 11) is 4.10. The lowest BCUT2D eigenvalue weighted by molar-refractivity contribution is 0.261. The van der Waals surface area contributed by atoms with Gasteiger partial charge in [-0.2, -0.15) is 0 Å². The van der Waals surface area contributed by atoms with Gasteiger partial charge in [-0.15, -0.1) is 10.2 Å². The standard InChI is InChI=1S/C18H27N5O/c1-14-20-21-18-9-6-16(13-23(14)18)19-12-15-4-7-17(8-5-15)24-11-10-22(2)3/h4-5,7-8,16,19H,6,9-13H2,1-3H3/t16-/m1/s1. The summed E-state index contributed by atoms with van der Waals surface area (Å²) in [5.41, 5.74) is 1.28. The molecular weight excluding hydrogens is 302 g/mol. The summed E-state index contributed by atoms with van der Waals surface area (Å²) >= 11 is 0. The number of ether oxygens (including phenoxy) is 1. The maximum absolute atomic E-state index is 5.73. The van der Waals surface area contributed by atoms with Crippen molar-refractivity contribution < 1.29 is 4.74 Å². The quantitative estimate of drug-likeness (QED) is 0.837. The molecule has 0 saturated carbocycles. The van der Waals surface area contributed by atoms with Crippen molar-refractivity contribution in [3.63, 3.8) is 0 Å². The average molecular weight is 329 g/mol. The topological polar surface area (TPSA) is 55.2 Å². The lowest BCUT2D eigenvalue weighted by atomic mass is 10.1. The highest BCUT2D eigenvalue weighted by Crippen LogP contribution is 2.16. The Kier molecular flexibility index (Phi) is 5.48. The number of likely N-dealkylation sites (N-methyl/N-ethyl adjacent to an activating group) is 1. The second kappa shape index (κ2) is 7.77. The van der Waals surface area contributed by atoms with Gasteiger partial charge >= 0.3 is 0 Å². The van der Waals surface area contributed by atoms with Crippen molar-refractivity contribution in [2.45, 2.75) is 38.9 Å². The SMILES string of the molecule is Cc1nnc2n1C[C@H](NCc1ccc(OCCN(C)C)cc1)CC2. The molecule has 1 aromatic heterocycles. The van der Waals surface area contributed by atoms with E-state index in [-0.39, 0.29) is 0 Å². The van der Waals surface area contributed by atoms with E-state index in [1.165, 1.54) is 5.56 Å². The first-order valence-electron chi connectivity index (χ1n) is 8.60. The van der Waals surface area contributed by atoms with Crippen LogP contribution in [-0.2, 0) is 19.5 Å². The molecule has 0 unspecified atom stereocenters. The Balaban J connectivity index is 1.46. The fourth-order valence-corrected chi connectivity index (χ4v) is 2.94. The van der Waals surface area contributed by atoms with Gasteiger partial charge < -0.3 is 19.5 Å². The average Bonchev–Trinajstić information content (AvgIpc) is 2.95. The van der Waals surface area contributed by atoms with Crippen molar-refractivity contribution in [1.82, 2.24) is 25.0 Å². The van der Waals surface area contributed by atoms with Gasteiger partial charge in [-0.1, -0.05) is 12.1 Å². The molecule has 0 radical (unpaired) electrons. The van der Waals surface area contributed by atoms with Crippen LogP contribution in [0.3, 0.4) is 0 Å². The maximum atomic E-state index is 5.73. The van der Waals surface area contributed by atoms with Crippen molar-refractivity contribution in [1.29, 1.82) is 0 Å². The molecule has 0 bridgehead atoms. The number of nitrogens with zero attached hydrogens (tertiary/aromatic N) is 4. The van der Waals surface area contributed by atoms with Gasteiger partial charge in [0.25, 0.3) is 0 Å². The van der Waals surface area contributed by atoms with Crippen molar-refractivity contribution in [3.05, 3.63) is 41.5 Å². The van der Waals surface area contributed by atoms with E-state index in [1.807, 2.05) is 21.0 Å². The normalized spacial score (nSPS) is 17.1. The molecule has 6 heteroatoms. The minimum absolute atomic E-state index is 0.475. The molecule has 130 valence electrons. The zero-order valence-electron chi connectivity index (χ0n) is 14.8. The minimum atomic E-state index is 0.475. The fourth-order valence-electron chi connectivity index (χ4n) is 2.94. The van der Waals surface area contributed by atoms with Crippen LogP contribution in [0.2, 0.25) is 0 Å². The predicted molar refractivity (Wildman–Crippen MR) is 94.2 cm³/mol. The molecular formula is C18H27N5O. The number of rotatable bonds is 7. The Morgan fingerprint density at radius 1 is 1.25 bits per heavy atom. The Morgan fingerprint density at radius 3 is 2.79 bits per heavy atom. The summed E-state index contributed by atoms with van der Waals surface area (Å²) in [5, 5.41) is 12.0. The number of hydrogen-bond acceptors (Lipinski definition) is 5. The van der Waals surface area contributed by atoms with Crippen LogP contribution in [0.1, 0.15) is 23.6 Å². The first kappa shape index (κ1) is 16.9. The van der Waals surface area contributed by atoms with Crippen LogP contribution in [0, 0.1) is 6.92 Å². The van der Waals surface area contributed by atoms with E-state index < -0.39 is 0 Å². The Labute approximate surface area is 143 Å². The zero-order valence-corrected chi connectivity index (χ0v) is 14.8. The Bertz CT molecular complexity index is 650. The maximum Gasteiger partial charge on any atom is 0.133 e. The highest BCUT2D eigenvalue weighted by Gasteiger charge is 2.20. The van der Waals surface area contributed by atoms with Gasteiger partial charge in [-0.05, 0) is 45.1 Å². The van der Waals surface area contributed by atoms with Gasteiger partial charge in [0.2, 0.25) is 0 Å². The van der Waals surface area contributed by atoms with Crippen LogP contribution in [-0.4, -0.2) is 53.0 Å². The number of aromatic nitrogens is 3. The number of fused-ring (bicyclic) bond motifs is 1. The van der Waals surface area contributed by atoms with Crippen LogP contribution in [0.25, 0.3) is 0 Å². The molecule has 0 amide bonds. The molecule has 1 N–H and O–H groups in total. The Morgan fingerprint density at radius 2 is 2.04 bits per heavy atom. The number of hydrogen-bond donors (Lipinski definition) is 1. The molecule has 0 fully saturated rings. The summed E-state index contributed by atoms with van der Waals surface area (Å²) in [6, 6.07) is 8.85. The van der Waals surface area contributed by atoms with E-state index in [9.17, 15) is 0 Å².